The highest BCUT2D eigenvalue weighted by molar-refractivity contribution is 5.97. The summed E-state index contributed by atoms with van der Waals surface area (Å²) in [5, 5.41) is 0. The van der Waals surface area contributed by atoms with Crippen LogP contribution >= 0.6 is 0 Å². The number of ether oxygens (including phenoxy) is 2. The van der Waals surface area contributed by atoms with E-state index in [9.17, 15) is 13.6 Å². The van der Waals surface area contributed by atoms with Crippen molar-refractivity contribution in [3.8, 4) is 11.8 Å². The summed E-state index contributed by atoms with van der Waals surface area (Å²) in [6, 6.07) is 3.27. The number of halogens is 2. The molecule has 0 aliphatic carbocycles. The van der Waals surface area contributed by atoms with E-state index in [0.717, 1.165) is 12.1 Å². The second-order valence-corrected chi connectivity index (χ2v) is 4.12. The van der Waals surface area contributed by atoms with Gasteiger partial charge in [-0.3, -0.25) is 4.79 Å². The second-order valence-electron chi connectivity index (χ2n) is 4.12. The first-order chi connectivity index (χ1) is 10.0. The molecule has 0 aliphatic heterocycles. The molecule has 0 spiro atoms. The maximum Gasteiger partial charge on any atom is 0.246 e. The Bertz CT molecular complexity index is 677. The maximum atomic E-state index is 13.1. The van der Waals surface area contributed by atoms with Crippen molar-refractivity contribution < 1.29 is 23.0 Å². The predicted octanol–water partition coefficient (Wildman–Crippen LogP) is 2.20. The highest BCUT2D eigenvalue weighted by Gasteiger charge is 2.17. The Morgan fingerprint density at radius 1 is 1.19 bits per heavy atom. The summed E-state index contributed by atoms with van der Waals surface area (Å²) in [6.45, 7) is 0. The summed E-state index contributed by atoms with van der Waals surface area (Å²) in [7, 11) is 2.75. The zero-order chi connectivity index (χ0) is 15.4. The van der Waals surface area contributed by atoms with E-state index >= 15 is 0 Å². The predicted molar refractivity (Wildman–Crippen MR) is 69.5 cm³/mol. The summed E-state index contributed by atoms with van der Waals surface area (Å²) in [5.41, 5.74) is 0.335. The van der Waals surface area contributed by atoms with Gasteiger partial charge >= 0.3 is 0 Å². The van der Waals surface area contributed by atoms with Crippen LogP contribution in [0, 0.1) is 11.6 Å². The van der Waals surface area contributed by atoms with Crippen LogP contribution in [-0.2, 0) is 6.42 Å². The lowest BCUT2D eigenvalue weighted by Crippen LogP contribution is -2.10. The lowest BCUT2D eigenvalue weighted by Gasteiger charge is -2.07. The molecule has 21 heavy (non-hydrogen) atoms. The number of hydrogen-bond acceptors (Lipinski definition) is 5. The van der Waals surface area contributed by atoms with Crippen molar-refractivity contribution in [1.29, 1.82) is 0 Å². The Morgan fingerprint density at radius 3 is 2.57 bits per heavy atom. The Hall–Kier alpha value is -2.57. The average Bonchev–Trinajstić information content (AvgIpc) is 2.50. The van der Waals surface area contributed by atoms with Gasteiger partial charge in [0.25, 0.3) is 0 Å². The van der Waals surface area contributed by atoms with E-state index in [2.05, 4.69) is 9.97 Å². The number of nitrogens with zero attached hydrogens (tertiary/aromatic N) is 2. The normalized spacial score (nSPS) is 10.3. The molecule has 0 bridgehead atoms. The van der Waals surface area contributed by atoms with Crippen molar-refractivity contribution in [2.75, 3.05) is 14.2 Å². The largest absolute Gasteiger partial charge is 0.480 e. The fourth-order valence-electron chi connectivity index (χ4n) is 1.71. The molecule has 1 aromatic heterocycles. The molecule has 0 saturated carbocycles. The molecule has 2 aromatic rings. The molecule has 2 rings (SSSR count). The van der Waals surface area contributed by atoms with Gasteiger partial charge in [0.1, 0.15) is 0 Å². The standard InChI is InChI=1S/C14H12F2N2O3/c1-20-12-7-17-13(14(18-12)21-2)11(19)6-8-3-4-9(15)10(16)5-8/h3-5,7H,6H2,1-2H3. The topological polar surface area (TPSA) is 61.3 Å². The molecule has 0 amide bonds. The van der Waals surface area contributed by atoms with Crippen molar-refractivity contribution in [1.82, 2.24) is 9.97 Å². The summed E-state index contributed by atoms with van der Waals surface area (Å²) in [5.74, 6) is -2.17. The highest BCUT2D eigenvalue weighted by atomic mass is 19.2. The van der Waals surface area contributed by atoms with Crippen LogP contribution in [-0.4, -0.2) is 30.0 Å². The van der Waals surface area contributed by atoms with E-state index in [-0.39, 0.29) is 23.9 Å². The summed E-state index contributed by atoms with van der Waals surface area (Å²) in [6.07, 6.45) is 1.13. The van der Waals surface area contributed by atoms with Crippen LogP contribution in [0.25, 0.3) is 0 Å². The monoisotopic (exact) mass is 294 g/mol. The molecular formula is C14H12F2N2O3. The minimum atomic E-state index is -1.01. The number of aromatic nitrogens is 2. The first-order valence-electron chi connectivity index (χ1n) is 5.97. The van der Waals surface area contributed by atoms with E-state index in [0.29, 0.717) is 5.56 Å². The van der Waals surface area contributed by atoms with Crippen LogP contribution in [0.5, 0.6) is 11.8 Å². The van der Waals surface area contributed by atoms with Crippen LogP contribution in [0.15, 0.2) is 24.4 Å². The average molecular weight is 294 g/mol. The van der Waals surface area contributed by atoms with Crippen LogP contribution < -0.4 is 9.47 Å². The SMILES string of the molecule is COc1cnc(C(=O)Cc2ccc(F)c(F)c2)c(OC)n1. The van der Waals surface area contributed by atoms with Gasteiger partial charge in [-0.1, -0.05) is 6.07 Å². The van der Waals surface area contributed by atoms with Gasteiger partial charge in [0.2, 0.25) is 11.8 Å². The van der Waals surface area contributed by atoms with Crippen molar-refractivity contribution in [3.63, 3.8) is 0 Å². The van der Waals surface area contributed by atoms with Gasteiger partial charge in [-0.05, 0) is 17.7 Å². The molecule has 1 heterocycles. The van der Waals surface area contributed by atoms with Gasteiger partial charge in [-0.25, -0.2) is 13.8 Å². The molecule has 0 N–H and O–H groups in total. The van der Waals surface area contributed by atoms with Crippen molar-refractivity contribution in [2.45, 2.75) is 6.42 Å². The van der Waals surface area contributed by atoms with E-state index in [1.807, 2.05) is 0 Å². The fraction of sp³-hybridized carbons (Fsp3) is 0.214. The van der Waals surface area contributed by atoms with Gasteiger partial charge in [-0.2, -0.15) is 4.98 Å². The van der Waals surface area contributed by atoms with Crippen molar-refractivity contribution in [3.05, 3.63) is 47.3 Å². The Kier molecular flexibility index (Phi) is 4.42. The smallest absolute Gasteiger partial charge is 0.246 e. The minimum Gasteiger partial charge on any atom is -0.480 e. The number of rotatable bonds is 5. The van der Waals surface area contributed by atoms with Crippen LogP contribution in [0.1, 0.15) is 16.1 Å². The molecule has 0 radical (unpaired) electrons. The van der Waals surface area contributed by atoms with E-state index in [4.69, 9.17) is 9.47 Å². The Balaban J connectivity index is 2.25. The molecule has 0 saturated heterocycles. The highest BCUT2D eigenvalue weighted by Crippen LogP contribution is 2.19. The third-order valence-corrected chi connectivity index (χ3v) is 2.73. The zero-order valence-corrected chi connectivity index (χ0v) is 11.4. The van der Waals surface area contributed by atoms with Crippen LogP contribution in [0.2, 0.25) is 0 Å². The third-order valence-electron chi connectivity index (χ3n) is 2.73. The maximum absolute atomic E-state index is 13.1. The summed E-state index contributed by atoms with van der Waals surface area (Å²) in [4.78, 5) is 20.0. The molecule has 0 atom stereocenters. The molecule has 5 nitrogen and oxygen atoms in total. The number of methoxy groups -OCH3 is 2. The second kappa shape index (κ2) is 6.25. The third kappa shape index (κ3) is 3.31. The van der Waals surface area contributed by atoms with Crippen molar-refractivity contribution in [2.24, 2.45) is 0 Å². The van der Waals surface area contributed by atoms with Gasteiger partial charge in [-0.15, -0.1) is 0 Å². The number of carbonyl (C=O) groups is 1. The quantitative estimate of drug-likeness (QED) is 0.791. The zero-order valence-electron chi connectivity index (χ0n) is 11.4. The first kappa shape index (κ1) is 14.8. The number of Topliss-reactive ketones (excluding diaryl/α,β-unsaturated/α-hetero) is 1. The van der Waals surface area contributed by atoms with Gasteiger partial charge in [0.15, 0.2) is 23.1 Å². The van der Waals surface area contributed by atoms with E-state index < -0.39 is 17.4 Å². The summed E-state index contributed by atoms with van der Waals surface area (Å²) < 4.78 is 35.8. The van der Waals surface area contributed by atoms with E-state index in [1.54, 1.807) is 0 Å². The first-order valence-corrected chi connectivity index (χ1v) is 5.97. The Morgan fingerprint density at radius 2 is 1.95 bits per heavy atom. The lowest BCUT2D eigenvalue weighted by atomic mass is 10.1. The Labute approximate surface area is 119 Å². The number of ketones is 1. The molecule has 0 fully saturated rings. The van der Waals surface area contributed by atoms with Crippen molar-refractivity contribution >= 4 is 5.78 Å². The molecule has 110 valence electrons. The number of carbonyl (C=O) groups excluding carboxylic acids is 1. The molecular weight excluding hydrogens is 282 g/mol. The van der Waals surface area contributed by atoms with Gasteiger partial charge in [0, 0.05) is 6.42 Å². The van der Waals surface area contributed by atoms with Gasteiger partial charge < -0.3 is 9.47 Å². The van der Waals surface area contributed by atoms with Crippen LogP contribution in [0.4, 0.5) is 8.78 Å². The summed E-state index contributed by atoms with van der Waals surface area (Å²) >= 11 is 0. The fourth-order valence-corrected chi connectivity index (χ4v) is 1.71. The molecule has 0 aliphatic rings. The minimum absolute atomic E-state index is 0.00281. The van der Waals surface area contributed by atoms with E-state index in [1.165, 1.54) is 26.5 Å². The number of benzene rings is 1. The van der Waals surface area contributed by atoms with Crippen LogP contribution in [0.3, 0.4) is 0 Å². The molecule has 0 unspecified atom stereocenters. The molecule has 1 aromatic carbocycles. The van der Waals surface area contributed by atoms with Gasteiger partial charge in [0.05, 0.1) is 20.4 Å². The lowest BCUT2D eigenvalue weighted by molar-refractivity contribution is 0.0983. The number of hydrogen-bond donors (Lipinski definition) is 0. The molecule has 7 heteroatoms.